The van der Waals surface area contributed by atoms with Gasteiger partial charge in [0, 0.05) is 22.5 Å². The first kappa shape index (κ1) is 19.1. The molecule has 3 aliphatic rings. The first-order chi connectivity index (χ1) is 14.3. The van der Waals surface area contributed by atoms with Gasteiger partial charge in [0.1, 0.15) is 29.2 Å². The molecule has 0 saturated carbocycles. The van der Waals surface area contributed by atoms with Crippen molar-refractivity contribution in [2.24, 2.45) is 16.1 Å². The van der Waals surface area contributed by atoms with Gasteiger partial charge in [-0.1, -0.05) is 11.6 Å². The summed E-state index contributed by atoms with van der Waals surface area (Å²) in [5.41, 5.74) is 5.81. The number of nitrogens with zero attached hydrogens (tertiary/aromatic N) is 2. The molecule has 0 aliphatic carbocycles. The lowest BCUT2D eigenvalue weighted by molar-refractivity contribution is -0.247. The smallest absolute Gasteiger partial charge is 0.283 e. The van der Waals surface area contributed by atoms with Gasteiger partial charge in [-0.05, 0) is 44.2 Å². The van der Waals surface area contributed by atoms with Gasteiger partial charge >= 0.3 is 0 Å². The highest BCUT2D eigenvalue weighted by Gasteiger charge is 2.71. The quantitative estimate of drug-likeness (QED) is 0.761. The van der Waals surface area contributed by atoms with Crippen molar-refractivity contribution in [3.8, 4) is 5.75 Å². The second kappa shape index (κ2) is 6.33. The molecule has 8 nitrogen and oxygen atoms in total. The highest BCUT2D eigenvalue weighted by molar-refractivity contribution is 6.30. The molecule has 5 rings (SSSR count). The molecule has 0 radical (unpaired) electrons. The van der Waals surface area contributed by atoms with Crippen LogP contribution in [0.25, 0.3) is 0 Å². The third kappa shape index (κ3) is 2.53. The second-order valence-corrected chi connectivity index (χ2v) is 8.75. The maximum absolute atomic E-state index is 12.6. The van der Waals surface area contributed by atoms with Crippen molar-refractivity contribution < 1.29 is 19.0 Å². The number of pyridine rings is 1. The molecule has 3 aliphatic heterocycles. The van der Waals surface area contributed by atoms with Gasteiger partial charge in [-0.3, -0.25) is 9.78 Å². The predicted octanol–water partition coefficient (Wildman–Crippen LogP) is 2.72. The zero-order chi connectivity index (χ0) is 21.1. The van der Waals surface area contributed by atoms with E-state index >= 15 is 0 Å². The van der Waals surface area contributed by atoms with Crippen LogP contribution < -0.4 is 15.8 Å². The Morgan fingerprint density at radius 1 is 1.20 bits per heavy atom. The third-order valence-electron chi connectivity index (χ3n) is 6.37. The van der Waals surface area contributed by atoms with Crippen LogP contribution in [0.2, 0.25) is 5.02 Å². The fourth-order valence-corrected chi connectivity index (χ4v) is 4.74. The number of hydrogen-bond acceptors (Lipinski definition) is 7. The van der Waals surface area contributed by atoms with Crippen molar-refractivity contribution in [2.75, 3.05) is 25.1 Å². The van der Waals surface area contributed by atoms with Crippen LogP contribution in [0.4, 0.5) is 5.69 Å². The number of amidine groups is 1. The number of rotatable bonds is 2. The number of nitrogens with two attached hydrogens (primary N) is 1. The first-order valence-corrected chi connectivity index (χ1v) is 9.97. The normalized spacial score (nSPS) is 25.0. The summed E-state index contributed by atoms with van der Waals surface area (Å²) in [4.78, 5) is 21.5. The van der Waals surface area contributed by atoms with Gasteiger partial charge in [0.15, 0.2) is 0 Å². The summed E-state index contributed by atoms with van der Waals surface area (Å²) in [5, 5.41) is 3.31. The number of anilines is 1. The van der Waals surface area contributed by atoms with Crippen molar-refractivity contribution in [3.63, 3.8) is 0 Å². The summed E-state index contributed by atoms with van der Waals surface area (Å²) in [6, 6.07) is 8.74. The molecule has 2 aromatic rings. The zero-order valence-corrected chi connectivity index (χ0v) is 17.3. The van der Waals surface area contributed by atoms with Crippen molar-refractivity contribution in [2.45, 2.75) is 25.0 Å². The highest BCUT2D eigenvalue weighted by atomic mass is 35.5. The fraction of sp³-hybridized carbons (Fsp3) is 0.381. The number of amides is 1. The molecule has 1 aromatic heterocycles. The molecule has 2 spiro atoms. The van der Waals surface area contributed by atoms with E-state index in [9.17, 15) is 4.79 Å². The molecule has 4 heterocycles. The Labute approximate surface area is 178 Å². The fourth-order valence-electron chi connectivity index (χ4n) is 4.58. The number of benzene rings is 1. The van der Waals surface area contributed by atoms with E-state index in [1.807, 2.05) is 26.0 Å². The molecular weight excluding hydrogens is 408 g/mol. The van der Waals surface area contributed by atoms with Crippen molar-refractivity contribution >= 4 is 29.2 Å². The lowest BCUT2D eigenvalue weighted by atomic mass is 9.55. The summed E-state index contributed by atoms with van der Waals surface area (Å²) >= 11 is 5.97. The molecule has 3 N–H and O–H groups in total. The average molecular weight is 429 g/mol. The van der Waals surface area contributed by atoms with Crippen molar-refractivity contribution in [1.82, 2.24) is 4.98 Å². The van der Waals surface area contributed by atoms with E-state index in [1.165, 1.54) is 12.3 Å². The Kier molecular flexibility index (Phi) is 4.04. The van der Waals surface area contributed by atoms with Crippen molar-refractivity contribution in [1.29, 1.82) is 0 Å². The minimum atomic E-state index is -0.762. The topological polar surface area (TPSA) is 108 Å². The first-order valence-electron chi connectivity index (χ1n) is 9.59. The van der Waals surface area contributed by atoms with Gasteiger partial charge in [-0.25, -0.2) is 4.99 Å². The number of hydrogen-bond donors (Lipinski definition) is 2. The number of carbonyl (C=O) groups is 1. The number of fused-ring (bicyclic) bond motifs is 3. The molecule has 0 bridgehead atoms. The summed E-state index contributed by atoms with van der Waals surface area (Å²) in [5.74, 6) is 0.314. The monoisotopic (exact) mass is 428 g/mol. The minimum Gasteiger partial charge on any atom is -0.487 e. The van der Waals surface area contributed by atoms with E-state index in [0.717, 1.165) is 5.56 Å². The maximum atomic E-state index is 12.6. The zero-order valence-electron chi connectivity index (χ0n) is 16.6. The molecular formula is C21H21ClN4O4. The molecule has 9 heteroatoms. The standard InChI is InChI=1S/C21H21ClN4O4/c1-19(2)20(9-28-10-20)21(11-29-18(23)26-21)14-8-13(3-4-16(14)30-19)25-17(27)15-7-12(22)5-6-24-15/h3-8H,9-11H2,1-2H3,(H2,23,26)(H,25,27). The Morgan fingerprint density at radius 2 is 2.00 bits per heavy atom. The summed E-state index contributed by atoms with van der Waals surface area (Å²) in [7, 11) is 0. The van der Waals surface area contributed by atoms with E-state index in [1.54, 1.807) is 12.1 Å². The number of nitrogens with one attached hydrogen (secondary N) is 1. The largest absolute Gasteiger partial charge is 0.487 e. The third-order valence-corrected chi connectivity index (χ3v) is 6.61. The number of aliphatic imine (C=N–C) groups is 1. The van der Waals surface area contributed by atoms with Gasteiger partial charge < -0.3 is 25.3 Å². The van der Waals surface area contributed by atoms with Crippen LogP contribution in [-0.2, 0) is 15.0 Å². The van der Waals surface area contributed by atoms with Crippen LogP contribution in [0.5, 0.6) is 5.75 Å². The highest BCUT2D eigenvalue weighted by Crippen LogP contribution is 2.62. The van der Waals surface area contributed by atoms with Crippen LogP contribution in [0.3, 0.4) is 0 Å². The van der Waals surface area contributed by atoms with Crippen LogP contribution in [-0.4, -0.2) is 42.3 Å². The molecule has 30 heavy (non-hydrogen) atoms. The predicted molar refractivity (Wildman–Crippen MR) is 111 cm³/mol. The van der Waals surface area contributed by atoms with E-state index < -0.39 is 16.6 Å². The van der Waals surface area contributed by atoms with Gasteiger partial charge in [0.05, 0.1) is 18.6 Å². The van der Waals surface area contributed by atoms with Gasteiger partial charge in [-0.15, -0.1) is 0 Å². The Balaban J connectivity index is 1.57. The summed E-state index contributed by atoms with van der Waals surface area (Å²) in [6.45, 7) is 5.30. The number of ether oxygens (including phenoxy) is 3. The van der Waals surface area contributed by atoms with Crippen LogP contribution >= 0.6 is 11.6 Å². The molecule has 1 amide bonds. The summed E-state index contributed by atoms with van der Waals surface area (Å²) < 4.78 is 17.6. The number of aromatic nitrogens is 1. The number of halogens is 1. The Morgan fingerprint density at radius 3 is 2.63 bits per heavy atom. The maximum Gasteiger partial charge on any atom is 0.283 e. The minimum absolute atomic E-state index is 0.141. The summed E-state index contributed by atoms with van der Waals surface area (Å²) in [6.07, 6.45) is 1.49. The van der Waals surface area contributed by atoms with Gasteiger partial charge in [-0.2, -0.15) is 0 Å². The van der Waals surface area contributed by atoms with Gasteiger partial charge in [0.25, 0.3) is 11.9 Å². The van der Waals surface area contributed by atoms with E-state index in [-0.39, 0.29) is 24.2 Å². The van der Waals surface area contributed by atoms with E-state index in [2.05, 4.69) is 10.3 Å². The number of carbonyl (C=O) groups excluding carboxylic acids is 1. The SMILES string of the molecule is CC1(C)Oc2ccc(NC(=O)c3cc(Cl)ccn3)cc2C2(COC(N)=N2)C12COC2. The van der Waals surface area contributed by atoms with Gasteiger partial charge in [0.2, 0.25) is 0 Å². The molecule has 1 fully saturated rings. The molecule has 156 valence electrons. The molecule has 1 saturated heterocycles. The lowest BCUT2D eigenvalue weighted by Crippen LogP contribution is -2.71. The molecule has 1 atom stereocenters. The van der Waals surface area contributed by atoms with Crippen LogP contribution in [0.15, 0.2) is 41.5 Å². The molecule has 1 unspecified atom stereocenters. The molecule has 1 aromatic carbocycles. The van der Waals surface area contributed by atoms with E-state index in [4.69, 9.17) is 36.5 Å². The Bertz CT molecular complexity index is 1080. The average Bonchev–Trinajstić information content (AvgIpc) is 3.03. The second-order valence-electron chi connectivity index (χ2n) is 8.31. The Hall–Kier alpha value is -2.84. The van der Waals surface area contributed by atoms with Crippen LogP contribution in [0, 0.1) is 5.41 Å². The lowest BCUT2D eigenvalue weighted by Gasteiger charge is -2.61. The van der Waals surface area contributed by atoms with E-state index in [0.29, 0.717) is 29.7 Å². The van der Waals surface area contributed by atoms with Crippen molar-refractivity contribution in [3.05, 3.63) is 52.8 Å². The van der Waals surface area contributed by atoms with Crippen LogP contribution in [0.1, 0.15) is 29.9 Å².